The van der Waals surface area contributed by atoms with Gasteiger partial charge in [0.15, 0.2) is 0 Å². The van der Waals surface area contributed by atoms with Crippen LogP contribution in [0.25, 0.3) is 0 Å². The van der Waals surface area contributed by atoms with Crippen molar-refractivity contribution in [3.05, 3.63) is 65.5 Å². The zero-order valence-corrected chi connectivity index (χ0v) is 15.8. The van der Waals surface area contributed by atoms with Crippen molar-refractivity contribution in [2.45, 2.75) is 31.3 Å². The Morgan fingerprint density at radius 2 is 1.89 bits per heavy atom. The minimum atomic E-state index is -0.146. The van der Waals surface area contributed by atoms with Crippen molar-refractivity contribution < 1.29 is 9.13 Å². The maximum absolute atomic E-state index is 13.6. The van der Waals surface area contributed by atoms with E-state index in [0.717, 1.165) is 37.5 Å². The molecule has 2 aliphatic heterocycles. The molecule has 0 radical (unpaired) electrons. The van der Waals surface area contributed by atoms with Crippen LogP contribution in [0, 0.1) is 11.7 Å². The van der Waals surface area contributed by atoms with Crippen LogP contribution in [0.1, 0.15) is 29.9 Å². The summed E-state index contributed by atoms with van der Waals surface area (Å²) in [5, 5.41) is 0. The van der Waals surface area contributed by atoms with Crippen LogP contribution in [0.2, 0.25) is 0 Å². The number of piperidine rings is 1. The normalized spacial score (nSPS) is 24.2. The quantitative estimate of drug-likeness (QED) is 0.848. The molecule has 2 N–H and O–H groups in total. The molecule has 2 aromatic rings. The van der Waals surface area contributed by atoms with E-state index in [-0.39, 0.29) is 5.82 Å². The van der Waals surface area contributed by atoms with E-state index in [4.69, 9.17) is 4.74 Å². The molecule has 4 rings (SSSR count). The van der Waals surface area contributed by atoms with Crippen LogP contribution in [0.15, 0.2) is 48.5 Å². The molecule has 0 aromatic heterocycles. The summed E-state index contributed by atoms with van der Waals surface area (Å²) in [5.74, 6) is 1.70. The fraction of sp³-hybridized carbons (Fsp3) is 0.455. The van der Waals surface area contributed by atoms with Gasteiger partial charge in [0.05, 0.1) is 7.11 Å². The van der Waals surface area contributed by atoms with Crippen molar-refractivity contribution in [2.75, 3.05) is 26.7 Å². The first-order chi connectivity index (χ1) is 13.2. The van der Waals surface area contributed by atoms with Crippen LogP contribution < -0.4 is 15.6 Å². The molecule has 0 amide bonds. The predicted molar refractivity (Wildman–Crippen MR) is 105 cm³/mol. The van der Waals surface area contributed by atoms with Crippen molar-refractivity contribution >= 4 is 0 Å². The highest BCUT2D eigenvalue weighted by Gasteiger charge is 2.36. The van der Waals surface area contributed by atoms with Crippen LogP contribution in [-0.4, -0.2) is 37.7 Å². The van der Waals surface area contributed by atoms with Gasteiger partial charge in [-0.05, 0) is 67.2 Å². The molecule has 2 heterocycles. The van der Waals surface area contributed by atoms with Crippen molar-refractivity contribution in [1.82, 2.24) is 15.8 Å². The van der Waals surface area contributed by atoms with E-state index < -0.39 is 0 Å². The van der Waals surface area contributed by atoms with Gasteiger partial charge in [0.2, 0.25) is 0 Å². The molecular formula is C22H28FN3O. The standard InChI is InChI=1S/C22H28FN3O/c1-27-20-7-5-16(6-8-20)15-26-11-9-17(10-12-26)22-21(14-24-25-22)18-3-2-4-19(23)13-18/h2-8,13,17,21-22,24-25H,9-12,14-15H2,1H3. The van der Waals surface area contributed by atoms with Gasteiger partial charge in [-0.2, -0.15) is 0 Å². The second-order valence-electron chi connectivity index (χ2n) is 7.67. The predicted octanol–water partition coefficient (Wildman–Crippen LogP) is 3.31. The van der Waals surface area contributed by atoms with E-state index in [1.165, 1.54) is 24.5 Å². The van der Waals surface area contributed by atoms with Gasteiger partial charge in [-0.1, -0.05) is 24.3 Å². The third-order valence-electron chi connectivity index (χ3n) is 6.01. The lowest BCUT2D eigenvalue weighted by atomic mass is 9.80. The number of nitrogens with zero attached hydrogens (tertiary/aromatic N) is 1. The largest absolute Gasteiger partial charge is 0.497 e. The topological polar surface area (TPSA) is 36.5 Å². The average Bonchev–Trinajstić information content (AvgIpc) is 3.19. The Kier molecular flexibility index (Phi) is 5.72. The Labute approximate surface area is 160 Å². The van der Waals surface area contributed by atoms with Crippen LogP contribution in [0.3, 0.4) is 0 Å². The number of benzene rings is 2. The molecule has 0 spiro atoms. The summed E-state index contributed by atoms with van der Waals surface area (Å²) in [6, 6.07) is 15.8. The van der Waals surface area contributed by atoms with E-state index in [1.54, 1.807) is 13.2 Å². The van der Waals surface area contributed by atoms with Gasteiger partial charge in [0.25, 0.3) is 0 Å². The smallest absolute Gasteiger partial charge is 0.123 e. The molecule has 2 atom stereocenters. The lowest BCUT2D eigenvalue weighted by molar-refractivity contribution is 0.152. The molecule has 0 saturated carbocycles. The summed E-state index contributed by atoms with van der Waals surface area (Å²) in [6.45, 7) is 4.05. The van der Waals surface area contributed by atoms with Gasteiger partial charge >= 0.3 is 0 Å². The fourth-order valence-corrected chi connectivity index (χ4v) is 4.48. The Morgan fingerprint density at radius 3 is 2.59 bits per heavy atom. The molecule has 2 aliphatic rings. The van der Waals surface area contributed by atoms with Gasteiger partial charge < -0.3 is 4.74 Å². The minimum absolute atomic E-state index is 0.146. The molecule has 2 aromatic carbocycles. The average molecular weight is 369 g/mol. The number of halogens is 1. The number of hydrazine groups is 1. The maximum atomic E-state index is 13.6. The van der Waals surface area contributed by atoms with E-state index in [2.05, 4.69) is 27.9 Å². The van der Waals surface area contributed by atoms with Crippen molar-refractivity contribution in [2.24, 2.45) is 5.92 Å². The van der Waals surface area contributed by atoms with Gasteiger partial charge in [0, 0.05) is 25.0 Å². The summed E-state index contributed by atoms with van der Waals surface area (Å²) in [5.41, 5.74) is 9.19. The monoisotopic (exact) mass is 369 g/mol. The Bertz CT molecular complexity index is 743. The van der Waals surface area contributed by atoms with E-state index in [0.29, 0.717) is 17.9 Å². The molecule has 4 nitrogen and oxygen atoms in total. The summed E-state index contributed by atoms with van der Waals surface area (Å²) in [6.07, 6.45) is 2.34. The van der Waals surface area contributed by atoms with Crippen molar-refractivity contribution in [3.63, 3.8) is 0 Å². The second kappa shape index (κ2) is 8.38. The summed E-state index contributed by atoms with van der Waals surface area (Å²) < 4.78 is 18.9. The van der Waals surface area contributed by atoms with Crippen molar-refractivity contribution in [3.8, 4) is 5.75 Å². The molecule has 2 fully saturated rings. The number of ether oxygens (including phenoxy) is 1. The molecule has 2 saturated heterocycles. The third-order valence-corrected chi connectivity index (χ3v) is 6.01. The van der Waals surface area contributed by atoms with Gasteiger partial charge in [-0.3, -0.25) is 15.8 Å². The lowest BCUT2D eigenvalue weighted by Crippen LogP contribution is -2.44. The number of likely N-dealkylation sites (tertiary alicyclic amines) is 1. The molecule has 0 bridgehead atoms. The van der Waals surface area contributed by atoms with Crippen molar-refractivity contribution in [1.29, 1.82) is 0 Å². The number of nitrogens with one attached hydrogen (secondary N) is 2. The number of rotatable bonds is 5. The second-order valence-corrected chi connectivity index (χ2v) is 7.67. The highest BCUT2D eigenvalue weighted by Crippen LogP contribution is 2.33. The molecule has 5 heteroatoms. The first kappa shape index (κ1) is 18.4. The molecular weight excluding hydrogens is 341 g/mol. The molecule has 2 unspecified atom stereocenters. The third kappa shape index (κ3) is 4.32. The van der Waals surface area contributed by atoms with Gasteiger partial charge in [-0.25, -0.2) is 4.39 Å². The summed E-state index contributed by atoms with van der Waals surface area (Å²) >= 11 is 0. The Morgan fingerprint density at radius 1 is 1.11 bits per heavy atom. The van der Waals surface area contributed by atoms with E-state index in [9.17, 15) is 4.39 Å². The lowest BCUT2D eigenvalue weighted by Gasteiger charge is -2.36. The number of hydrogen-bond acceptors (Lipinski definition) is 4. The first-order valence-corrected chi connectivity index (χ1v) is 9.82. The summed E-state index contributed by atoms with van der Waals surface area (Å²) in [7, 11) is 1.70. The van der Waals surface area contributed by atoms with Crippen LogP contribution in [-0.2, 0) is 6.54 Å². The van der Waals surface area contributed by atoms with Crippen LogP contribution in [0.4, 0.5) is 4.39 Å². The number of methoxy groups -OCH3 is 1. The zero-order chi connectivity index (χ0) is 18.6. The Balaban J connectivity index is 1.34. The number of hydrogen-bond donors (Lipinski definition) is 2. The molecule has 144 valence electrons. The van der Waals surface area contributed by atoms with Gasteiger partial charge in [0.1, 0.15) is 11.6 Å². The first-order valence-electron chi connectivity index (χ1n) is 9.82. The van der Waals surface area contributed by atoms with Crippen LogP contribution >= 0.6 is 0 Å². The van der Waals surface area contributed by atoms with E-state index >= 15 is 0 Å². The zero-order valence-electron chi connectivity index (χ0n) is 15.8. The summed E-state index contributed by atoms with van der Waals surface area (Å²) in [4.78, 5) is 2.53. The molecule has 27 heavy (non-hydrogen) atoms. The van der Waals surface area contributed by atoms with E-state index in [1.807, 2.05) is 24.3 Å². The maximum Gasteiger partial charge on any atom is 0.123 e. The highest BCUT2D eigenvalue weighted by atomic mass is 19.1. The molecule has 0 aliphatic carbocycles. The fourth-order valence-electron chi connectivity index (χ4n) is 4.48. The van der Waals surface area contributed by atoms with Gasteiger partial charge in [-0.15, -0.1) is 0 Å². The SMILES string of the molecule is COc1ccc(CN2CCC(C3NNCC3c3cccc(F)c3)CC2)cc1. The Hall–Kier alpha value is -1.95. The van der Waals surface area contributed by atoms with Crippen LogP contribution in [0.5, 0.6) is 5.75 Å². The highest BCUT2D eigenvalue weighted by molar-refractivity contribution is 5.27. The minimum Gasteiger partial charge on any atom is -0.497 e.